The molecule has 0 atom stereocenters. The van der Waals surface area contributed by atoms with Crippen molar-refractivity contribution in [1.82, 2.24) is 30.4 Å². The molecule has 0 fully saturated rings. The van der Waals surface area contributed by atoms with Gasteiger partial charge < -0.3 is 20.2 Å². The second-order valence-electron chi connectivity index (χ2n) is 7.55. The first-order chi connectivity index (χ1) is 19.0. The summed E-state index contributed by atoms with van der Waals surface area (Å²) in [6.45, 7) is 0. The molecule has 0 unspecified atom stereocenters. The zero-order valence-electron chi connectivity index (χ0n) is 20.3. The number of hydrogen-bond donors (Lipinski definition) is 0. The SMILES string of the molecule is Fc1c[c-]c(-c2ccccn2)c(F)c1.Fc1c[c-]c(-c2ccccn2)c(F)c1.[Ir+3].c1ccc(-c2cnn[n-]2)nc1. The summed E-state index contributed by atoms with van der Waals surface area (Å²) in [6.07, 6.45) is 6.39. The van der Waals surface area contributed by atoms with E-state index in [4.69, 9.17) is 0 Å². The molecule has 0 spiro atoms. The Morgan fingerprint density at radius 3 is 1.40 bits per heavy atom. The molecule has 0 radical (unpaired) electrons. The van der Waals surface area contributed by atoms with E-state index >= 15 is 0 Å². The van der Waals surface area contributed by atoms with Crippen LogP contribution in [0.4, 0.5) is 17.6 Å². The second-order valence-corrected chi connectivity index (χ2v) is 7.55. The van der Waals surface area contributed by atoms with E-state index in [2.05, 4.69) is 42.5 Å². The molecule has 0 saturated carbocycles. The number of aromatic nitrogens is 6. The Hall–Kier alpha value is -4.60. The summed E-state index contributed by atoms with van der Waals surface area (Å²) in [5.74, 6) is -2.57. The van der Waals surface area contributed by atoms with Crippen molar-refractivity contribution in [2.75, 3.05) is 0 Å². The molecular weight excluding hydrogens is 701 g/mol. The molecule has 0 saturated heterocycles. The van der Waals surface area contributed by atoms with Gasteiger partial charge in [-0.2, -0.15) is 0 Å². The normalized spacial score (nSPS) is 9.80. The van der Waals surface area contributed by atoms with Crippen molar-refractivity contribution in [3.8, 4) is 33.9 Å². The van der Waals surface area contributed by atoms with Crippen molar-refractivity contribution >= 4 is 0 Å². The number of halogens is 4. The molecule has 0 aliphatic carbocycles. The van der Waals surface area contributed by atoms with Crippen LogP contribution < -0.4 is 5.10 Å². The molecule has 0 bridgehead atoms. The largest absolute Gasteiger partial charge is 3.00 e. The standard InChI is InChI=1S/2C11H6F2N.C7H5N4.Ir/c2*12-8-4-5-9(10(13)7-8)11-3-1-2-6-14-11;1-2-4-8-6(3-1)7-5-9-11-10-7;/h2*1-4,6-7H;1-5H;/q3*-1;+3. The van der Waals surface area contributed by atoms with E-state index in [1.54, 1.807) is 61.2 Å². The van der Waals surface area contributed by atoms with Gasteiger partial charge in [-0.15, -0.1) is 24.3 Å². The number of rotatable bonds is 3. The molecule has 40 heavy (non-hydrogen) atoms. The van der Waals surface area contributed by atoms with E-state index < -0.39 is 23.3 Å². The fourth-order valence-electron chi connectivity index (χ4n) is 3.12. The van der Waals surface area contributed by atoms with Gasteiger partial charge in [-0.3, -0.25) is 27.8 Å². The number of nitrogens with zero attached hydrogens (tertiary/aromatic N) is 6. The third-order valence-electron chi connectivity index (χ3n) is 4.87. The molecule has 6 nitrogen and oxygen atoms in total. The van der Waals surface area contributed by atoms with Gasteiger partial charge >= 0.3 is 20.1 Å². The number of benzene rings is 2. The summed E-state index contributed by atoms with van der Waals surface area (Å²) in [6, 6.07) is 24.7. The molecule has 4 heterocycles. The van der Waals surface area contributed by atoms with E-state index in [9.17, 15) is 17.6 Å². The maximum Gasteiger partial charge on any atom is 3.00 e. The third kappa shape index (κ3) is 8.45. The van der Waals surface area contributed by atoms with Gasteiger partial charge in [0.2, 0.25) is 0 Å². The Labute approximate surface area is 240 Å². The minimum Gasteiger partial charge on any atom is -0.358 e. The Morgan fingerprint density at radius 2 is 1.05 bits per heavy atom. The van der Waals surface area contributed by atoms with Gasteiger partial charge in [0, 0.05) is 41.9 Å². The predicted octanol–water partition coefficient (Wildman–Crippen LogP) is 6.15. The summed E-state index contributed by atoms with van der Waals surface area (Å²) in [5, 5.41) is 10.8. The molecule has 11 heteroatoms. The van der Waals surface area contributed by atoms with Gasteiger partial charge in [-0.25, -0.2) is 0 Å². The van der Waals surface area contributed by atoms with Gasteiger partial charge in [0.05, 0.1) is 5.69 Å². The Kier molecular flexibility index (Phi) is 11.3. The van der Waals surface area contributed by atoms with E-state index in [1.165, 1.54) is 0 Å². The number of hydrogen-bond acceptors (Lipinski definition) is 5. The minimum absolute atomic E-state index is 0. The molecule has 0 N–H and O–H groups in total. The zero-order chi connectivity index (χ0) is 27.5. The summed E-state index contributed by atoms with van der Waals surface area (Å²) in [5.41, 5.74) is 2.79. The fraction of sp³-hybridized carbons (Fsp3) is 0. The van der Waals surface area contributed by atoms with Gasteiger partial charge in [-0.1, -0.05) is 59.8 Å². The van der Waals surface area contributed by atoms with Crippen molar-refractivity contribution in [3.05, 3.63) is 139 Å². The van der Waals surface area contributed by atoms with Crippen molar-refractivity contribution in [2.24, 2.45) is 0 Å². The van der Waals surface area contributed by atoms with Crippen molar-refractivity contribution in [1.29, 1.82) is 0 Å². The first-order valence-corrected chi connectivity index (χ1v) is 11.3. The van der Waals surface area contributed by atoms with Crippen LogP contribution in [0, 0.1) is 35.4 Å². The van der Waals surface area contributed by atoms with Crippen molar-refractivity contribution in [2.45, 2.75) is 0 Å². The summed E-state index contributed by atoms with van der Waals surface area (Å²) < 4.78 is 51.6. The number of pyridine rings is 3. The third-order valence-corrected chi connectivity index (χ3v) is 4.87. The second kappa shape index (κ2) is 15.1. The topological polar surface area (TPSA) is 78.5 Å². The first-order valence-electron chi connectivity index (χ1n) is 11.3. The predicted molar refractivity (Wildman–Crippen MR) is 135 cm³/mol. The maximum absolute atomic E-state index is 13.2. The summed E-state index contributed by atoms with van der Waals surface area (Å²) >= 11 is 0. The Bertz CT molecular complexity index is 1500. The quantitative estimate of drug-likeness (QED) is 0.162. The molecule has 0 aliphatic rings. The average Bonchev–Trinajstić information content (AvgIpc) is 3.51. The van der Waals surface area contributed by atoms with Gasteiger partial charge in [0.1, 0.15) is 0 Å². The molecule has 4 aromatic heterocycles. The Morgan fingerprint density at radius 1 is 0.600 bits per heavy atom. The first kappa shape index (κ1) is 29.9. The molecule has 0 amide bonds. The Balaban J connectivity index is 0.000000165. The maximum atomic E-state index is 13.2. The van der Waals surface area contributed by atoms with Gasteiger partial charge in [0.15, 0.2) is 0 Å². The van der Waals surface area contributed by atoms with Crippen LogP contribution in [0.5, 0.6) is 0 Å². The molecular formula is C29H17F4IrN6. The van der Waals surface area contributed by atoms with Crippen molar-refractivity contribution < 1.29 is 37.7 Å². The van der Waals surface area contributed by atoms with Crippen LogP contribution in [-0.2, 0) is 20.1 Å². The minimum atomic E-state index is -0.649. The van der Waals surface area contributed by atoms with Crippen molar-refractivity contribution in [3.63, 3.8) is 0 Å². The van der Waals surface area contributed by atoms with Gasteiger partial charge in [0.25, 0.3) is 0 Å². The molecule has 6 aromatic rings. The average molecular weight is 718 g/mol. The van der Waals surface area contributed by atoms with Crippen LogP contribution in [0.3, 0.4) is 0 Å². The van der Waals surface area contributed by atoms with Gasteiger partial charge in [-0.05, 0) is 41.3 Å². The van der Waals surface area contributed by atoms with E-state index in [-0.39, 0.29) is 31.2 Å². The van der Waals surface area contributed by atoms with Crippen LogP contribution in [0.15, 0.2) is 104 Å². The van der Waals surface area contributed by atoms with Crippen LogP contribution in [0.2, 0.25) is 0 Å². The van der Waals surface area contributed by atoms with Crippen LogP contribution in [0.25, 0.3) is 33.9 Å². The molecule has 6 rings (SSSR count). The van der Waals surface area contributed by atoms with Crippen LogP contribution >= 0.6 is 0 Å². The summed E-state index contributed by atoms with van der Waals surface area (Å²) in [4.78, 5) is 12.0. The summed E-state index contributed by atoms with van der Waals surface area (Å²) in [7, 11) is 0. The fourth-order valence-corrected chi connectivity index (χ4v) is 3.12. The van der Waals surface area contributed by atoms with E-state index in [0.717, 1.165) is 30.0 Å². The molecule has 0 aliphatic heterocycles. The molecule has 2 aromatic carbocycles. The smallest absolute Gasteiger partial charge is 0.358 e. The van der Waals surface area contributed by atoms with Crippen LogP contribution in [-0.4, -0.2) is 25.3 Å². The van der Waals surface area contributed by atoms with E-state index in [1.807, 2.05) is 18.2 Å². The zero-order valence-corrected chi connectivity index (χ0v) is 22.7. The van der Waals surface area contributed by atoms with E-state index in [0.29, 0.717) is 17.1 Å². The molecule has 200 valence electrons. The monoisotopic (exact) mass is 718 g/mol. The van der Waals surface area contributed by atoms with Crippen LogP contribution in [0.1, 0.15) is 0 Å².